The Hall–Kier alpha value is -2.24. The molecule has 0 saturated heterocycles. The lowest BCUT2D eigenvalue weighted by Crippen LogP contribution is -2.51. The van der Waals surface area contributed by atoms with Crippen molar-refractivity contribution < 1.29 is 14.3 Å². The van der Waals surface area contributed by atoms with Crippen molar-refractivity contribution in [2.75, 3.05) is 6.61 Å². The quantitative estimate of drug-likeness (QED) is 0.359. The van der Waals surface area contributed by atoms with Crippen molar-refractivity contribution in [3.05, 3.63) is 64.1 Å². The van der Waals surface area contributed by atoms with E-state index in [9.17, 15) is 9.59 Å². The number of rotatable bonds is 11. The van der Waals surface area contributed by atoms with Gasteiger partial charge in [0.05, 0.1) is 6.61 Å². The highest BCUT2D eigenvalue weighted by atomic mass is 35.5. The Bertz CT molecular complexity index is 912. The molecule has 5 nitrogen and oxygen atoms in total. The summed E-state index contributed by atoms with van der Waals surface area (Å²) >= 11 is 12.8. The summed E-state index contributed by atoms with van der Waals surface area (Å²) in [6, 6.07) is 14.4. The van der Waals surface area contributed by atoms with Crippen molar-refractivity contribution in [1.29, 1.82) is 0 Å². The molecule has 7 heteroatoms. The van der Waals surface area contributed by atoms with E-state index < -0.39 is 6.04 Å². The summed E-state index contributed by atoms with van der Waals surface area (Å²) in [4.78, 5) is 28.3. The van der Waals surface area contributed by atoms with Crippen LogP contribution in [0.1, 0.15) is 63.9 Å². The maximum Gasteiger partial charge on any atom is 0.243 e. The molecule has 2 aromatic rings. The van der Waals surface area contributed by atoms with Crippen molar-refractivity contribution in [3.8, 4) is 5.75 Å². The van der Waals surface area contributed by atoms with Gasteiger partial charge in [0.25, 0.3) is 0 Å². The Balaban J connectivity index is 1.70. The molecule has 1 aliphatic rings. The third-order valence-electron chi connectivity index (χ3n) is 6.27. The van der Waals surface area contributed by atoms with Crippen LogP contribution in [0.25, 0.3) is 0 Å². The molecule has 2 aromatic carbocycles. The lowest BCUT2D eigenvalue weighted by Gasteiger charge is -2.33. The maximum atomic E-state index is 13.4. The number of hydrogen-bond acceptors (Lipinski definition) is 3. The highest BCUT2D eigenvalue weighted by Gasteiger charge is 2.31. The van der Waals surface area contributed by atoms with Crippen LogP contribution in [0, 0.1) is 0 Å². The van der Waals surface area contributed by atoms with Gasteiger partial charge in [-0.05, 0) is 49.9 Å². The first-order chi connectivity index (χ1) is 16.5. The van der Waals surface area contributed by atoms with Gasteiger partial charge < -0.3 is 15.0 Å². The third-order valence-corrected chi connectivity index (χ3v) is 6.98. The van der Waals surface area contributed by atoms with Gasteiger partial charge in [0, 0.05) is 34.6 Å². The molecule has 1 saturated carbocycles. The summed E-state index contributed by atoms with van der Waals surface area (Å²) in [6.45, 7) is 2.53. The average molecular weight is 505 g/mol. The van der Waals surface area contributed by atoms with Crippen molar-refractivity contribution in [2.45, 2.75) is 76.9 Å². The van der Waals surface area contributed by atoms with Gasteiger partial charge in [-0.2, -0.15) is 0 Å². The van der Waals surface area contributed by atoms with Crippen LogP contribution in [0.15, 0.2) is 48.5 Å². The second-order valence-corrected chi connectivity index (χ2v) is 9.57. The minimum atomic E-state index is -0.586. The zero-order chi connectivity index (χ0) is 24.3. The van der Waals surface area contributed by atoms with Crippen LogP contribution in [-0.4, -0.2) is 35.4 Å². The van der Waals surface area contributed by atoms with Gasteiger partial charge in [0.1, 0.15) is 11.8 Å². The van der Waals surface area contributed by atoms with Crippen LogP contribution < -0.4 is 10.1 Å². The second kappa shape index (κ2) is 13.6. The number of nitrogens with one attached hydrogen (secondary N) is 1. The standard InChI is InChI=1S/C27H34Cl2N2O3/c1-2-25(27(33)30-20-11-5-3-6-12-20)31(19-22-23(28)15-9-16-24(22)29)26(32)17-10-18-34-21-13-7-4-8-14-21/h4,7-9,13-16,20,25H,2-3,5-6,10-12,17-19H2,1H3,(H,30,33)/t25-/m1/s1. The lowest BCUT2D eigenvalue weighted by molar-refractivity contribution is -0.142. The van der Waals surface area contributed by atoms with Crippen LogP contribution in [0.5, 0.6) is 5.75 Å². The Morgan fingerprint density at radius 3 is 2.35 bits per heavy atom. The molecule has 0 unspecified atom stereocenters. The Kier molecular flexibility index (Phi) is 10.5. The van der Waals surface area contributed by atoms with Crippen molar-refractivity contribution in [2.24, 2.45) is 0 Å². The Morgan fingerprint density at radius 2 is 1.71 bits per heavy atom. The summed E-state index contributed by atoms with van der Waals surface area (Å²) in [7, 11) is 0. The molecule has 34 heavy (non-hydrogen) atoms. The van der Waals surface area contributed by atoms with Crippen LogP contribution in [0.3, 0.4) is 0 Å². The number of amides is 2. The van der Waals surface area contributed by atoms with Gasteiger partial charge in [-0.1, -0.05) is 73.7 Å². The molecular weight excluding hydrogens is 471 g/mol. The molecule has 0 aliphatic heterocycles. The maximum absolute atomic E-state index is 13.4. The molecule has 184 valence electrons. The SMILES string of the molecule is CC[C@H](C(=O)NC1CCCCC1)N(Cc1c(Cl)cccc1Cl)C(=O)CCCOc1ccccc1. The molecule has 2 amide bonds. The molecule has 1 fully saturated rings. The van der Waals surface area contributed by atoms with Crippen LogP contribution >= 0.6 is 23.2 Å². The van der Waals surface area contributed by atoms with Gasteiger partial charge >= 0.3 is 0 Å². The summed E-state index contributed by atoms with van der Waals surface area (Å²) in [5, 5.41) is 4.16. The lowest BCUT2D eigenvalue weighted by atomic mass is 9.95. The highest BCUT2D eigenvalue weighted by molar-refractivity contribution is 6.36. The highest BCUT2D eigenvalue weighted by Crippen LogP contribution is 2.27. The predicted molar refractivity (Wildman–Crippen MR) is 137 cm³/mol. The summed E-state index contributed by atoms with van der Waals surface area (Å²) in [6.07, 6.45) is 6.76. The van der Waals surface area contributed by atoms with Gasteiger partial charge in [-0.15, -0.1) is 0 Å². The normalized spacial score (nSPS) is 14.9. The zero-order valence-electron chi connectivity index (χ0n) is 19.8. The predicted octanol–water partition coefficient (Wildman–Crippen LogP) is 6.41. The fourth-order valence-corrected chi connectivity index (χ4v) is 4.91. The molecule has 0 bridgehead atoms. The second-order valence-electron chi connectivity index (χ2n) is 8.75. The molecule has 1 aliphatic carbocycles. The molecule has 0 radical (unpaired) electrons. The molecule has 0 heterocycles. The van der Waals surface area contributed by atoms with Gasteiger partial charge in [-0.3, -0.25) is 9.59 Å². The number of nitrogens with zero attached hydrogens (tertiary/aromatic N) is 1. The van der Waals surface area contributed by atoms with Gasteiger partial charge in [-0.25, -0.2) is 0 Å². The number of hydrogen-bond donors (Lipinski definition) is 1. The molecule has 3 rings (SSSR count). The molecule has 0 aromatic heterocycles. The molecule has 1 N–H and O–H groups in total. The summed E-state index contributed by atoms with van der Waals surface area (Å²) < 4.78 is 5.74. The molecule has 0 spiro atoms. The van der Waals surface area contributed by atoms with E-state index in [-0.39, 0.29) is 30.8 Å². The Labute approximate surface area is 212 Å². The van der Waals surface area contributed by atoms with Crippen molar-refractivity contribution in [1.82, 2.24) is 10.2 Å². The minimum absolute atomic E-state index is 0.105. The van der Waals surface area contributed by atoms with E-state index in [0.717, 1.165) is 31.4 Å². The van der Waals surface area contributed by atoms with Crippen molar-refractivity contribution in [3.63, 3.8) is 0 Å². The topological polar surface area (TPSA) is 58.6 Å². The first kappa shape index (κ1) is 26.4. The van der Waals surface area contributed by atoms with Crippen LogP contribution in [0.2, 0.25) is 10.0 Å². The van der Waals surface area contributed by atoms with Crippen molar-refractivity contribution >= 4 is 35.0 Å². The van der Waals surface area contributed by atoms with E-state index >= 15 is 0 Å². The Morgan fingerprint density at radius 1 is 1.03 bits per heavy atom. The first-order valence-electron chi connectivity index (χ1n) is 12.2. The number of carbonyl (C=O) groups is 2. The molecular formula is C27H34Cl2N2O3. The smallest absolute Gasteiger partial charge is 0.243 e. The van der Waals surface area contributed by atoms with E-state index in [1.165, 1.54) is 6.42 Å². The van der Waals surface area contributed by atoms with E-state index in [4.69, 9.17) is 27.9 Å². The minimum Gasteiger partial charge on any atom is -0.494 e. The number of ether oxygens (including phenoxy) is 1. The molecule has 1 atom stereocenters. The number of halogens is 2. The van der Waals surface area contributed by atoms with E-state index in [1.54, 1.807) is 23.1 Å². The number of para-hydroxylation sites is 1. The van der Waals surface area contributed by atoms with E-state index in [0.29, 0.717) is 35.1 Å². The average Bonchev–Trinajstić information content (AvgIpc) is 2.84. The largest absolute Gasteiger partial charge is 0.494 e. The monoisotopic (exact) mass is 504 g/mol. The first-order valence-corrected chi connectivity index (χ1v) is 13.0. The summed E-state index contributed by atoms with van der Waals surface area (Å²) in [5.74, 6) is 0.553. The fourth-order valence-electron chi connectivity index (χ4n) is 4.39. The van der Waals surface area contributed by atoms with Gasteiger partial charge in [0.15, 0.2) is 0 Å². The zero-order valence-corrected chi connectivity index (χ0v) is 21.3. The van der Waals surface area contributed by atoms with E-state index in [2.05, 4.69) is 5.32 Å². The fraction of sp³-hybridized carbons (Fsp3) is 0.481. The third kappa shape index (κ3) is 7.64. The van der Waals surface area contributed by atoms with E-state index in [1.807, 2.05) is 37.3 Å². The van der Waals surface area contributed by atoms with Crippen LogP contribution in [-0.2, 0) is 16.1 Å². The number of benzene rings is 2. The number of carbonyl (C=O) groups excluding carboxylic acids is 2. The van der Waals surface area contributed by atoms with Gasteiger partial charge in [0.2, 0.25) is 11.8 Å². The van der Waals surface area contributed by atoms with Crippen LogP contribution in [0.4, 0.5) is 0 Å². The summed E-state index contributed by atoms with van der Waals surface area (Å²) in [5.41, 5.74) is 0.656.